The largest absolute Gasteiger partial charge is 0.494 e. The third-order valence-electron chi connectivity index (χ3n) is 3.99. The molecule has 0 spiro atoms. The second-order valence-corrected chi connectivity index (χ2v) is 5.57. The summed E-state index contributed by atoms with van der Waals surface area (Å²) in [6.45, 7) is 7.61. The number of likely N-dealkylation sites (tertiary alicyclic amines) is 1. The molecule has 0 aliphatic carbocycles. The molecule has 1 saturated heterocycles. The number of carbonyl (C=O) groups excluding carboxylic acids is 2. The number of hydrogen-bond acceptors (Lipinski definition) is 3. The lowest BCUT2D eigenvalue weighted by atomic mass is 10.0. The first-order valence-corrected chi connectivity index (χ1v) is 7.86. The van der Waals surface area contributed by atoms with Crippen LogP contribution in [0.25, 0.3) is 0 Å². The van der Waals surface area contributed by atoms with Gasteiger partial charge in [-0.1, -0.05) is 12.1 Å². The summed E-state index contributed by atoms with van der Waals surface area (Å²) in [5.41, 5.74) is 0.996. The number of benzene rings is 1. The maximum absolute atomic E-state index is 12.3. The Morgan fingerprint density at radius 1 is 1.45 bits per heavy atom. The van der Waals surface area contributed by atoms with E-state index in [1.807, 2.05) is 45.0 Å². The van der Waals surface area contributed by atoms with Crippen molar-refractivity contribution in [1.29, 1.82) is 0 Å². The van der Waals surface area contributed by atoms with E-state index in [-0.39, 0.29) is 23.8 Å². The van der Waals surface area contributed by atoms with Gasteiger partial charge in [-0.2, -0.15) is 0 Å². The maximum atomic E-state index is 12.3. The Hall–Kier alpha value is -2.04. The molecule has 1 aliphatic heterocycles. The molecule has 2 unspecified atom stereocenters. The van der Waals surface area contributed by atoms with Crippen molar-refractivity contribution >= 4 is 11.8 Å². The minimum absolute atomic E-state index is 0.0568. The summed E-state index contributed by atoms with van der Waals surface area (Å²) in [7, 11) is 0. The highest BCUT2D eigenvalue weighted by Crippen LogP contribution is 2.22. The van der Waals surface area contributed by atoms with E-state index in [0.29, 0.717) is 26.1 Å². The third-order valence-corrected chi connectivity index (χ3v) is 3.99. The van der Waals surface area contributed by atoms with E-state index >= 15 is 0 Å². The average molecular weight is 304 g/mol. The van der Waals surface area contributed by atoms with Gasteiger partial charge in [-0.25, -0.2) is 0 Å². The van der Waals surface area contributed by atoms with Gasteiger partial charge in [0.2, 0.25) is 11.8 Å². The number of nitrogens with one attached hydrogen (secondary N) is 1. The molecular weight excluding hydrogens is 280 g/mol. The van der Waals surface area contributed by atoms with Crippen LogP contribution in [0.3, 0.4) is 0 Å². The smallest absolute Gasteiger partial charge is 0.225 e. The molecule has 0 saturated carbocycles. The fourth-order valence-corrected chi connectivity index (χ4v) is 2.71. The summed E-state index contributed by atoms with van der Waals surface area (Å²) in [6, 6.07) is 7.61. The zero-order valence-corrected chi connectivity index (χ0v) is 13.5. The highest BCUT2D eigenvalue weighted by molar-refractivity contribution is 5.89. The molecular formula is C17H24N2O3. The normalized spacial score (nSPS) is 19.1. The Bertz CT molecular complexity index is 544. The molecule has 0 radical (unpaired) electrons. The topological polar surface area (TPSA) is 58.6 Å². The first kappa shape index (κ1) is 16.3. The number of nitrogens with zero attached hydrogens (tertiary/aromatic N) is 1. The Balaban J connectivity index is 1.97. The van der Waals surface area contributed by atoms with Gasteiger partial charge in [-0.3, -0.25) is 9.59 Å². The SMILES string of the molecule is CCOc1cccc(C(C)NC(=O)C2CC(=O)N(CC)C2)c1. The molecule has 120 valence electrons. The maximum Gasteiger partial charge on any atom is 0.225 e. The summed E-state index contributed by atoms with van der Waals surface area (Å²) < 4.78 is 5.48. The molecule has 1 fully saturated rings. The molecule has 5 nitrogen and oxygen atoms in total. The van der Waals surface area contributed by atoms with Crippen LogP contribution >= 0.6 is 0 Å². The predicted molar refractivity (Wildman–Crippen MR) is 84.5 cm³/mol. The van der Waals surface area contributed by atoms with Crippen LogP contribution in [0.5, 0.6) is 5.75 Å². The summed E-state index contributed by atoms with van der Waals surface area (Å²) in [4.78, 5) is 25.8. The number of carbonyl (C=O) groups is 2. The average Bonchev–Trinajstić information content (AvgIpc) is 2.89. The molecule has 2 amide bonds. The minimum atomic E-state index is -0.245. The number of amides is 2. The Kier molecular flexibility index (Phi) is 5.41. The van der Waals surface area contributed by atoms with Crippen LogP contribution in [-0.4, -0.2) is 36.4 Å². The fraction of sp³-hybridized carbons (Fsp3) is 0.529. The van der Waals surface area contributed by atoms with Crippen molar-refractivity contribution in [2.45, 2.75) is 33.2 Å². The van der Waals surface area contributed by atoms with E-state index in [9.17, 15) is 9.59 Å². The van der Waals surface area contributed by atoms with Crippen LogP contribution in [-0.2, 0) is 9.59 Å². The second kappa shape index (κ2) is 7.29. The van der Waals surface area contributed by atoms with Gasteiger partial charge in [0.25, 0.3) is 0 Å². The number of hydrogen-bond donors (Lipinski definition) is 1. The van der Waals surface area contributed by atoms with Crippen LogP contribution in [0, 0.1) is 5.92 Å². The fourth-order valence-electron chi connectivity index (χ4n) is 2.71. The van der Waals surface area contributed by atoms with E-state index in [0.717, 1.165) is 11.3 Å². The zero-order chi connectivity index (χ0) is 16.1. The van der Waals surface area contributed by atoms with Gasteiger partial charge in [0.15, 0.2) is 0 Å². The van der Waals surface area contributed by atoms with Crippen molar-refractivity contribution in [2.24, 2.45) is 5.92 Å². The summed E-state index contributed by atoms with van der Waals surface area (Å²) >= 11 is 0. The molecule has 1 N–H and O–H groups in total. The van der Waals surface area contributed by atoms with Gasteiger partial charge < -0.3 is 15.0 Å². The summed E-state index contributed by atoms with van der Waals surface area (Å²) in [5.74, 6) is 0.562. The molecule has 1 heterocycles. The molecule has 1 aromatic carbocycles. The molecule has 0 aromatic heterocycles. The van der Waals surface area contributed by atoms with Crippen LogP contribution in [0.4, 0.5) is 0 Å². The number of ether oxygens (including phenoxy) is 1. The molecule has 1 aromatic rings. The quantitative estimate of drug-likeness (QED) is 0.876. The summed E-state index contributed by atoms with van der Waals surface area (Å²) in [6.07, 6.45) is 0.311. The minimum Gasteiger partial charge on any atom is -0.494 e. The molecule has 22 heavy (non-hydrogen) atoms. The molecule has 1 aliphatic rings. The highest BCUT2D eigenvalue weighted by Gasteiger charge is 2.33. The van der Waals surface area contributed by atoms with Crippen LogP contribution in [0.2, 0.25) is 0 Å². The lowest BCUT2D eigenvalue weighted by Crippen LogP contribution is -2.34. The summed E-state index contributed by atoms with van der Waals surface area (Å²) in [5, 5.41) is 3.00. The highest BCUT2D eigenvalue weighted by atomic mass is 16.5. The van der Waals surface area contributed by atoms with Gasteiger partial charge in [0, 0.05) is 19.5 Å². The van der Waals surface area contributed by atoms with Crippen molar-refractivity contribution < 1.29 is 14.3 Å². The first-order chi connectivity index (χ1) is 10.5. The molecule has 0 bridgehead atoms. The zero-order valence-electron chi connectivity index (χ0n) is 13.5. The Labute approximate surface area is 131 Å². The molecule has 2 atom stereocenters. The van der Waals surface area contributed by atoms with Crippen LogP contribution < -0.4 is 10.1 Å². The Morgan fingerprint density at radius 3 is 2.86 bits per heavy atom. The number of rotatable bonds is 6. The van der Waals surface area contributed by atoms with Gasteiger partial charge >= 0.3 is 0 Å². The van der Waals surface area contributed by atoms with Gasteiger partial charge in [-0.05, 0) is 38.5 Å². The Morgan fingerprint density at radius 2 is 2.23 bits per heavy atom. The van der Waals surface area contributed by atoms with Crippen molar-refractivity contribution in [3.8, 4) is 5.75 Å². The first-order valence-electron chi connectivity index (χ1n) is 7.86. The standard InChI is InChI=1S/C17H24N2O3/c1-4-19-11-14(10-16(19)20)17(21)18-12(3)13-7-6-8-15(9-13)22-5-2/h6-9,12,14H,4-5,10-11H2,1-3H3,(H,18,21). The second-order valence-electron chi connectivity index (χ2n) is 5.57. The molecule has 5 heteroatoms. The van der Waals surface area contributed by atoms with Crippen molar-refractivity contribution in [2.75, 3.05) is 19.7 Å². The van der Waals surface area contributed by atoms with E-state index in [1.165, 1.54) is 0 Å². The van der Waals surface area contributed by atoms with E-state index < -0.39 is 0 Å². The van der Waals surface area contributed by atoms with Crippen LogP contribution in [0.15, 0.2) is 24.3 Å². The van der Waals surface area contributed by atoms with Crippen molar-refractivity contribution in [3.63, 3.8) is 0 Å². The van der Waals surface area contributed by atoms with Gasteiger partial charge in [0.05, 0.1) is 18.6 Å². The van der Waals surface area contributed by atoms with Crippen molar-refractivity contribution in [3.05, 3.63) is 29.8 Å². The van der Waals surface area contributed by atoms with Gasteiger partial charge in [-0.15, -0.1) is 0 Å². The van der Waals surface area contributed by atoms with Gasteiger partial charge in [0.1, 0.15) is 5.75 Å². The van der Waals surface area contributed by atoms with Crippen molar-refractivity contribution in [1.82, 2.24) is 10.2 Å². The van der Waals surface area contributed by atoms with E-state index in [1.54, 1.807) is 4.90 Å². The third kappa shape index (κ3) is 3.78. The lowest BCUT2D eigenvalue weighted by Gasteiger charge is -2.18. The monoisotopic (exact) mass is 304 g/mol. The molecule has 2 rings (SSSR count). The predicted octanol–water partition coefficient (Wildman–Crippen LogP) is 2.13. The van der Waals surface area contributed by atoms with Crippen LogP contribution in [0.1, 0.15) is 38.8 Å². The van der Waals surface area contributed by atoms with E-state index in [4.69, 9.17) is 4.74 Å². The van der Waals surface area contributed by atoms with E-state index in [2.05, 4.69) is 5.32 Å². The lowest BCUT2D eigenvalue weighted by molar-refractivity contribution is -0.129.